The molecule has 3 rings (SSSR count). The number of hydrogen-bond donors (Lipinski definition) is 1. The fourth-order valence-corrected chi connectivity index (χ4v) is 3.97. The number of amidine groups is 1. The second kappa shape index (κ2) is 8.48. The first-order valence-electron chi connectivity index (χ1n) is 8.92. The molecule has 6 nitrogen and oxygen atoms in total. The third kappa shape index (κ3) is 4.36. The maximum Gasteiger partial charge on any atom is 0.242 e. The Hall–Kier alpha value is -2.80. The molecule has 1 saturated heterocycles. The molecule has 0 bridgehead atoms. The molecule has 7 heteroatoms. The molecule has 28 heavy (non-hydrogen) atoms. The molecular formula is C21H23N3O3S. The molecule has 2 amide bonds. The molecule has 0 spiro atoms. The largest absolute Gasteiger partial charge is 0.497 e. The van der Waals surface area contributed by atoms with Crippen molar-refractivity contribution in [3.8, 4) is 5.75 Å². The lowest BCUT2D eigenvalue weighted by Crippen LogP contribution is -2.30. The van der Waals surface area contributed by atoms with E-state index in [1.807, 2.05) is 56.3 Å². The number of carbonyl (C=O) groups excluding carboxylic acids is 2. The number of anilines is 1. The first-order valence-corrected chi connectivity index (χ1v) is 9.80. The Morgan fingerprint density at radius 3 is 2.61 bits per heavy atom. The summed E-state index contributed by atoms with van der Waals surface area (Å²) in [5.41, 5.74) is 3.64. The zero-order chi connectivity index (χ0) is 20.3. The van der Waals surface area contributed by atoms with Crippen LogP contribution >= 0.6 is 11.8 Å². The van der Waals surface area contributed by atoms with Crippen molar-refractivity contribution >= 4 is 40.1 Å². The third-order valence-corrected chi connectivity index (χ3v) is 5.92. The second-order valence-electron chi connectivity index (χ2n) is 6.60. The highest BCUT2D eigenvalue weighted by atomic mass is 32.2. The molecule has 2 aromatic rings. The molecule has 0 radical (unpaired) electrons. The number of amides is 2. The molecule has 0 unspecified atom stereocenters. The van der Waals surface area contributed by atoms with Crippen molar-refractivity contribution in [3.63, 3.8) is 0 Å². The SMILES string of the molecule is COc1ccc(N=C2S[C@H](CC(=O)Nc3cccc(C)c3C)C(=O)N2C)cc1. The lowest BCUT2D eigenvalue weighted by atomic mass is 10.1. The van der Waals surface area contributed by atoms with Gasteiger partial charge in [0.15, 0.2) is 5.17 Å². The van der Waals surface area contributed by atoms with Crippen molar-refractivity contribution in [2.24, 2.45) is 4.99 Å². The summed E-state index contributed by atoms with van der Waals surface area (Å²) in [6.45, 7) is 3.96. The summed E-state index contributed by atoms with van der Waals surface area (Å²) in [6, 6.07) is 13.0. The van der Waals surface area contributed by atoms with E-state index in [1.165, 1.54) is 16.7 Å². The first-order chi connectivity index (χ1) is 13.4. The van der Waals surface area contributed by atoms with Crippen molar-refractivity contribution in [2.75, 3.05) is 19.5 Å². The zero-order valence-corrected chi connectivity index (χ0v) is 17.2. The van der Waals surface area contributed by atoms with E-state index in [2.05, 4.69) is 10.3 Å². The average Bonchev–Trinajstić information content (AvgIpc) is 2.94. The van der Waals surface area contributed by atoms with E-state index in [9.17, 15) is 9.59 Å². The Labute approximate surface area is 169 Å². The number of nitrogens with zero attached hydrogens (tertiary/aromatic N) is 2. The van der Waals surface area contributed by atoms with Crippen LogP contribution in [0.25, 0.3) is 0 Å². The normalized spacial score (nSPS) is 17.9. The van der Waals surface area contributed by atoms with Gasteiger partial charge in [-0.2, -0.15) is 0 Å². The second-order valence-corrected chi connectivity index (χ2v) is 7.77. The number of thioether (sulfide) groups is 1. The molecular weight excluding hydrogens is 374 g/mol. The Morgan fingerprint density at radius 1 is 1.21 bits per heavy atom. The molecule has 2 aromatic carbocycles. The minimum absolute atomic E-state index is 0.100. The third-order valence-electron chi connectivity index (χ3n) is 4.69. The van der Waals surface area contributed by atoms with Gasteiger partial charge in [0.2, 0.25) is 11.8 Å². The van der Waals surface area contributed by atoms with Crippen LogP contribution in [0.1, 0.15) is 17.5 Å². The number of nitrogens with one attached hydrogen (secondary N) is 1. The molecule has 0 aromatic heterocycles. The maximum absolute atomic E-state index is 12.5. The number of aliphatic imine (C=N–C) groups is 1. The highest BCUT2D eigenvalue weighted by Gasteiger charge is 2.37. The molecule has 1 heterocycles. The molecule has 0 saturated carbocycles. The van der Waals surface area contributed by atoms with Gasteiger partial charge in [-0.1, -0.05) is 23.9 Å². The lowest BCUT2D eigenvalue weighted by molar-refractivity contribution is -0.127. The van der Waals surface area contributed by atoms with Gasteiger partial charge in [0, 0.05) is 19.2 Å². The Balaban J connectivity index is 1.68. The summed E-state index contributed by atoms with van der Waals surface area (Å²) in [5.74, 6) is 0.445. The van der Waals surface area contributed by atoms with Gasteiger partial charge >= 0.3 is 0 Å². The van der Waals surface area contributed by atoms with E-state index in [1.54, 1.807) is 14.2 Å². The van der Waals surface area contributed by atoms with Crippen molar-refractivity contribution in [1.29, 1.82) is 0 Å². The maximum atomic E-state index is 12.5. The fourth-order valence-electron chi connectivity index (χ4n) is 2.82. The van der Waals surface area contributed by atoms with Crippen LogP contribution in [0.15, 0.2) is 47.5 Å². The highest BCUT2D eigenvalue weighted by molar-refractivity contribution is 8.15. The van der Waals surface area contributed by atoms with Crippen LogP contribution < -0.4 is 10.1 Å². The van der Waals surface area contributed by atoms with Gasteiger partial charge in [-0.05, 0) is 55.3 Å². The van der Waals surface area contributed by atoms with Gasteiger partial charge in [0.1, 0.15) is 11.0 Å². The minimum Gasteiger partial charge on any atom is -0.497 e. The summed E-state index contributed by atoms with van der Waals surface area (Å²) in [5, 5.41) is 3.02. The van der Waals surface area contributed by atoms with Gasteiger partial charge in [-0.15, -0.1) is 0 Å². The van der Waals surface area contributed by atoms with E-state index >= 15 is 0 Å². The van der Waals surface area contributed by atoms with E-state index in [0.717, 1.165) is 28.3 Å². The molecule has 146 valence electrons. The highest BCUT2D eigenvalue weighted by Crippen LogP contribution is 2.31. The van der Waals surface area contributed by atoms with Crippen LogP contribution in [0, 0.1) is 13.8 Å². The topological polar surface area (TPSA) is 71.0 Å². The van der Waals surface area contributed by atoms with Crippen LogP contribution in [0.2, 0.25) is 0 Å². The predicted octanol–water partition coefficient (Wildman–Crippen LogP) is 3.90. The fraction of sp³-hybridized carbons (Fsp3) is 0.286. The van der Waals surface area contributed by atoms with Crippen LogP contribution in [0.3, 0.4) is 0 Å². The van der Waals surface area contributed by atoms with Crippen molar-refractivity contribution in [2.45, 2.75) is 25.5 Å². The number of aryl methyl sites for hydroxylation is 1. The number of ether oxygens (including phenoxy) is 1. The summed E-state index contributed by atoms with van der Waals surface area (Å²) in [7, 11) is 3.29. The van der Waals surface area contributed by atoms with E-state index in [4.69, 9.17) is 4.74 Å². The van der Waals surface area contributed by atoms with Gasteiger partial charge < -0.3 is 10.1 Å². The Bertz CT molecular complexity index is 925. The summed E-state index contributed by atoms with van der Waals surface area (Å²) in [6.07, 6.45) is 0.100. The predicted molar refractivity (Wildman–Crippen MR) is 113 cm³/mol. The van der Waals surface area contributed by atoms with Crippen LogP contribution in [0.5, 0.6) is 5.75 Å². The van der Waals surface area contributed by atoms with Gasteiger partial charge in [0.05, 0.1) is 12.8 Å². The molecule has 1 aliphatic rings. The number of benzene rings is 2. The quantitative estimate of drug-likeness (QED) is 0.831. The van der Waals surface area contributed by atoms with E-state index in [0.29, 0.717) is 5.17 Å². The van der Waals surface area contributed by atoms with Gasteiger partial charge in [0.25, 0.3) is 0 Å². The minimum atomic E-state index is -0.480. The smallest absolute Gasteiger partial charge is 0.242 e. The summed E-state index contributed by atoms with van der Waals surface area (Å²) < 4.78 is 5.14. The van der Waals surface area contributed by atoms with Gasteiger partial charge in [-0.25, -0.2) is 4.99 Å². The summed E-state index contributed by atoms with van der Waals surface area (Å²) >= 11 is 1.31. The monoisotopic (exact) mass is 397 g/mol. The van der Waals surface area contributed by atoms with Gasteiger partial charge in [-0.3, -0.25) is 14.5 Å². The number of carbonyl (C=O) groups is 2. The molecule has 1 atom stereocenters. The number of hydrogen-bond acceptors (Lipinski definition) is 5. The van der Waals surface area contributed by atoms with Crippen LogP contribution in [-0.2, 0) is 9.59 Å². The summed E-state index contributed by atoms with van der Waals surface area (Å²) in [4.78, 5) is 31.0. The molecule has 0 aliphatic carbocycles. The van der Waals surface area contributed by atoms with E-state index in [-0.39, 0.29) is 18.2 Å². The average molecular weight is 398 g/mol. The Morgan fingerprint density at radius 2 is 1.93 bits per heavy atom. The standard InChI is InChI=1S/C21H23N3O3S/c1-13-6-5-7-17(14(13)2)23-19(25)12-18-20(26)24(3)21(28-18)22-15-8-10-16(27-4)11-9-15/h5-11,18H,12H2,1-4H3,(H,23,25)/t18-/m1/s1. The van der Waals surface area contributed by atoms with Crippen molar-refractivity contribution < 1.29 is 14.3 Å². The van der Waals surface area contributed by atoms with Crippen LogP contribution in [-0.4, -0.2) is 41.3 Å². The van der Waals surface area contributed by atoms with E-state index < -0.39 is 5.25 Å². The molecule has 1 aliphatic heterocycles. The zero-order valence-electron chi connectivity index (χ0n) is 16.4. The van der Waals surface area contributed by atoms with Crippen LogP contribution in [0.4, 0.5) is 11.4 Å². The molecule has 1 fully saturated rings. The number of methoxy groups -OCH3 is 1. The first kappa shape index (κ1) is 19.9. The lowest BCUT2D eigenvalue weighted by Gasteiger charge is -2.12. The number of rotatable bonds is 5. The van der Waals surface area contributed by atoms with Crippen molar-refractivity contribution in [3.05, 3.63) is 53.6 Å². The molecule has 1 N–H and O–H groups in total. The van der Waals surface area contributed by atoms with Crippen molar-refractivity contribution in [1.82, 2.24) is 4.90 Å². The Kier molecular flexibility index (Phi) is 6.04.